The predicted molar refractivity (Wildman–Crippen MR) is 104 cm³/mol. The Hall–Kier alpha value is -2.95. The van der Waals surface area contributed by atoms with Crippen LogP contribution in [0, 0.1) is 6.92 Å². The number of carbonyl (C=O) groups is 3. The summed E-state index contributed by atoms with van der Waals surface area (Å²) in [5.41, 5.74) is 1.48. The predicted octanol–water partition coefficient (Wildman–Crippen LogP) is 3.57. The summed E-state index contributed by atoms with van der Waals surface area (Å²) in [4.78, 5) is 41.7. The quantitative estimate of drug-likeness (QED) is 0.783. The summed E-state index contributed by atoms with van der Waals surface area (Å²) in [7, 11) is 0. The van der Waals surface area contributed by atoms with E-state index >= 15 is 0 Å². The average molecular weight is 364 g/mol. The molecular formula is C22H24N2O3. The number of para-hydroxylation sites is 1. The van der Waals surface area contributed by atoms with Gasteiger partial charge >= 0.3 is 0 Å². The zero-order chi connectivity index (χ0) is 19.8. The van der Waals surface area contributed by atoms with Gasteiger partial charge in [-0.2, -0.15) is 0 Å². The van der Waals surface area contributed by atoms with Crippen molar-refractivity contribution in [3.63, 3.8) is 0 Å². The molecule has 1 aliphatic rings. The Morgan fingerprint density at radius 3 is 2.15 bits per heavy atom. The molecule has 3 rings (SSSR count). The molecule has 0 N–H and O–H groups in total. The highest BCUT2D eigenvalue weighted by atomic mass is 16.2. The van der Waals surface area contributed by atoms with Gasteiger partial charge in [-0.3, -0.25) is 14.4 Å². The standard InChI is InChI=1S/C22H24N2O3/c1-15-10-12-16(13-11-15)20(26)24(22(2,3)4)18-14-19(25)23(21(18)27)17-8-6-5-7-9-17/h5-13,18H,14H2,1-4H3. The molecule has 2 aromatic rings. The summed E-state index contributed by atoms with van der Waals surface area (Å²) in [6.07, 6.45) is -0.0113. The van der Waals surface area contributed by atoms with E-state index in [0.717, 1.165) is 5.56 Å². The third kappa shape index (κ3) is 3.63. The maximum atomic E-state index is 13.2. The van der Waals surface area contributed by atoms with E-state index in [1.165, 1.54) is 4.90 Å². The van der Waals surface area contributed by atoms with Crippen LogP contribution in [0.3, 0.4) is 0 Å². The van der Waals surface area contributed by atoms with Crippen LogP contribution < -0.4 is 4.90 Å². The van der Waals surface area contributed by atoms with Gasteiger partial charge in [0.1, 0.15) is 6.04 Å². The molecule has 5 heteroatoms. The molecule has 27 heavy (non-hydrogen) atoms. The van der Waals surface area contributed by atoms with Crippen molar-refractivity contribution in [3.05, 3.63) is 65.7 Å². The van der Waals surface area contributed by atoms with E-state index in [0.29, 0.717) is 11.3 Å². The fraction of sp³-hybridized carbons (Fsp3) is 0.318. The minimum atomic E-state index is -0.813. The Bertz CT molecular complexity index is 867. The average Bonchev–Trinajstić information content (AvgIpc) is 2.89. The molecular weight excluding hydrogens is 340 g/mol. The molecule has 0 aliphatic carbocycles. The number of nitrogens with zero attached hydrogens (tertiary/aromatic N) is 2. The van der Waals surface area contributed by atoms with Crippen LogP contribution >= 0.6 is 0 Å². The van der Waals surface area contributed by atoms with E-state index in [1.54, 1.807) is 41.3 Å². The largest absolute Gasteiger partial charge is 0.321 e. The minimum Gasteiger partial charge on any atom is -0.321 e. The molecule has 0 aromatic heterocycles. The van der Waals surface area contributed by atoms with E-state index in [2.05, 4.69) is 0 Å². The first-order valence-electron chi connectivity index (χ1n) is 9.02. The molecule has 3 amide bonds. The van der Waals surface area contributed by atoms with Gasteiger partial charge in [-0.15, -0.1) is 0 Å². The first-order chi connectivity index (χ1) is 12.7. The molecule has 1 unspecified atom stereocenters. The van der Waals surface area contributed by atoms with Crippen LogP contribution in [0.2, 0.25) is 0 Å². The summed E-state index contributed by atoms with van der Waals surface area (Å²) in [5, 5.41) is 0. The number of anilines is 1. The monoisotopic (exact) mass is 364 g/mol. The summed E-state index contributed by atoms with van der Waals surface area (Å²) in [6, 6.07) is 15.3. The van der Waals surface area contributed by atoms with Crippen molar-refractivity contribution in [2.45, 2.75) is 45.7 Å². The van der Waals surface area contributed by atoms with Crippen molar-refractivity contribution < 1.29 is 14.4 Å². The minimum absolute atomic E-state index is 0.0113. The van der Waals surface area contributed by atoms with Gasteiger partial charge < -0.3 is 4.90 Å². The molecule has 5 nitrogen and oxygen atoms in total. The number of carbonyl (C=O) groups excluding carboxylic acids is 3. The van der Waals surface area contributed by atoms with E-state index in [9.17, 15) is 14.4 Å². The van der Waals surface area contributed by atoms with Crippen molar-refractivity contribution in [1.29, 1.82) is 0 Å². The maximum absolute atomic E-state index is 13.2. The number of benzene rings is 2. The Balaban J connectivity index is 1.97. The summed E-state index contributed by atoms with van der Waals surface area (Å²) < 4.78 is 0. The van der Waals surface area contributed by atoms with Gasteiger partial charge in [-0.25, -0.2) is 4.90 Å². The first kappa shape index (κ1) is 18.8. The Labute approximate surface area is 159 Å². The van der Waals surface area contributed by atoms with E-state index in [-0.39, 0.29) is 24.1 Å². The Morgan fingerprint density at radius 1 is 1.00 bits per heavy atom. The lowest BCUT2D eigenvalue weighted by Crippen LogP contribution is -2.54. The Morgan fingerprint density at radius 2 is 1.59 bits per heavy atom. The van der Waals surface area contributed by atoms with Crippen molar-refractivity contribution in [3.8, 4) is 0 Å². The highest BCUT2D eigenvalue weighted by Gasteiger charge is 2.47. The molecule has 0 spiro atoms. The normalized spacial score (nSPS) is 17.3. The smallest absolute Gasteiger partial charge is 0.257 e. The zero-order valence-electron chi connectivity index (χ0n) is 16.1. The van der Waals surface area contributed by atoms with Gasteiger partial charge in [0.15, 0.2) is 0 Å². The lowest BCUT2D eigenvalue weighted by atomic mass is 9.99. The van der Waals surface area contributed by atoms with E-state index < -0.39 is 11.6 Å². The lowest BCUT2D eigenvalue weighted by molar-refractivity contribution is -0.123. The van der Waals surface area contributed by atoms with Crippen LogP contribution in [0.25, 0.3) is 0 Å². The molecule has 2 aromatic carbocycles. The first-order valence-corrected chi connectivity index (χ1v) is 9.02. The molecule has 1 aliphatic heterocycles. The molecule has 1 atom stereocenters. The topological polar surface area (TPSA) is 57.7 Å². The van der Waals surface area contributed by atoms with Crippen LogP contribution in [0.15, 0.2) is 54.6 Å². The van der Waals surface area contributed by atoms with Crippen molar-refractivity contribution >= 4 is 23.4 Å². The Kier molecular flexibility index (Phi) is 4.87. The number of hydrogen-bond acceptors (Lipinski definition) is 3. The highest BCUT2D eigenvalue weighted by molar-refractivity contribution is 6.23. The third-order valence-corrected chi connectivity index (χ3v) is 4.69. The van der Waals surface area contributed by atoms with Crippen LogP contribution in [-0.4, -0.2) is 34.2 Å². The second-order valence-corrected chi connectivity index (χ2v) is 7.83. The second kappa shape index (κ2) is 6.99. The van der Waals surface area contributed by atoms with Gasteiger partial charge in [-0.1, -0.05) is 35.9 Å². The number of imide groups is 1. The molecule has 1 saturated heterocycles. The van der Waals surface area contributed by atoms with Crippen LogP contribution in [0.4, 0.5) is 5.69 Å². The summed E-state index contributed by atoms with van der Waals surface area (Å²) in [6.45, 7) is 7.58. The van der Waals surface area contributed by atoms with Crippen LogP contribution in [0.5, 0.6) is 0 Å². The maximum Gasteiger partial charge on any atom is 0.257 e. The van der Waals surface area contributed by atoms with Gasteiger partial charge in [0.05, 0.1) is 12.1 Å². The molecule has 1 fully saturated rings. The molecule has 0 bridgehead atoms. The van der Waals surface area contributed by atoms with Crippen molar-refractivity contribution in [2.24, 2.45) is 0 Å². The molecule has 1 heterocycles. The zero-order valence-corrected chi connectivity index (χ0v) is 16.1. The van der Waals surface area contributed by atoms with Gasteiger partial charge in [0, 0.05) is 11.1 Å². The number of amides is 3. The van der Waals surface area contributed by atoms with E-state index in [4.69, 9.17) is 0 Å². The van der Waals surface area contributed by atoms with Gasteiger partial charge in [0.25, 0.3) is 11.8 Å². The number of hydrogen-bond donors (Lipinski definition) is 0. The number of rotatable bonds is 3. The third-order valence-electron chi connectivity index (χ3n) is 4.69. The second-order valence-electron chi connectivity index (χ2n) is 7.83. The van der Waals surface area contributed by atoms with Crippen molar-refractivity contribution in [1.82, 2.24) is 4.90 Å². The lowest BCUT2D eigenvalue weighted by Gasteiger charge is -2.39. The summed E-state index contributed by atoms with van der Waals surface area (Å²) >= 11 is 0. The molecule has 140 valence electrons. The highest BCUT2D eigenvalue weighted by Crippen LogP contribution is 2.30. The van der Waals surface area contributed by atoms with E-state index in [1.807, 2.05) is 45.9 Å². The van der Waals surface area contributed by atoms with Crippen molar-refractivity contribution in [2.75, 3.05) is 4.90 Å². The fourth-order valence-electron chi connectivity index (χ4n) is 3.41. The van der Waals surface area contributed by atoms with Crippen LogP contribution in [-0.2, 0) is 9.59 Å². The molecule has 0 saturated carbocycles. The SMILES string of the molecule is Cc1ccc(C(=O)N(C2CC(=O)N(c3ccccc3)C2=O)C(C)(C)C)cc1. The fourth-order valence-corrected chi connectivity index (χ4v) is 3.41. The van der Waals surface area contributed by atoms with Crippen LogP contribution in [0.1, 0.15) is 43.1 Å². The number of aryl methyl sites for hydroxylation is 1. The summed E-state index contributed by atoms with van der Waals surface area (Å²) in [5.74, 6) is -0.896. The van der Waals surface area contributed by atoms with Gasteiger partial charge in [0.2, 0.25) is 5.91 Å². The molecule has 0 radical (unpaired) electrons. The van der Waals surface area contributed by atoms with Gasteiger partial charge in [-0.05, 0) is 52.0 Å².